The minimum atomic E-state index is -3.74. The Morgan fingerprint density at radius 1 is 1.45 bits per heavy atom. The average molecular weight is 379 g/mol. The van der Waals surface area contributed by atoms with Crippen molar-refractivity contribution in [1.82, 2.24) is 0 Å². The van der Waals surface area contributed by atoms with Crippen molar-refractivity contribution in [3.05, 3.63) is 44.3 Å². The third-order valence-electron chi connectivity index (χ3n) is 2.62. The lowest BCUT2D eigenvalue weighted by molar-refractivity contribution is 0.599. The lowest BCUT2D eigenvalue weighted by Gasteiger charge is -2.10. The van der Waals surface area contributed by atoms with Crippen LogP contribution in [0.15, 0.2) is 32.9 Å². The molecule has 1 aromatic heterocycles. The molecule has 2 rings (SSSR count). The molecule has 108 valence electrons. The summed E-state index contributed by atoms with van der Waals surface area (Å²) in [5.74, 6) is -0.456. The number of benzene rings is 1. The van der Waals surface area contributed by atoms with E-state index in [1.54, 1.807) is 12.3 Å². The Morgan fingerprint density at radius 3 is 2.75 bits per heavy atom. The van der Waals surface area contributed by atoms with Gasteiger partial charge >= 0.3 is 0 Å². The van der Waals surface area contributed by atoms with Crippen LogP contribution in [0.1, 0.15) is 10.4 Å². The molecule has 3 N–H and O–H groups in total. The summed E-state index contributed by atoms with van der Waals surface area (Å²) in [5.41, 5.74) is 6.49. The molecule has 0 bridgehead atoms. The number of anilines is 1. The van der Waals surface area contributed by atoms with Gasteiger partial charge in [0.2, 0.25) is 0 Å². The Bertz CT molecular complexity index is 744. The predicted octanol–water partition coefficient (Wildman–Crippen LogP) is 3.22. The van der Waals surface area contributed by atoms with E-state index in [4.69, 9.17) is 5.73 Å². The molecule has 20 heavy (non-hydrogen) atoms. The zero-order chi connectivity index (χ0) is 14.9. The van der Waals surface area contributed by atoms with E-state index < -0.39 is 15.8 Å². The van der Waals surface area contributed by atoms with E-state index in [1.807, 2.05) is 0 Å². The lowest BCUT2D eigenvalue weighted by Crippen LogP contribution is -2.15. The van der Waals surface area contributed by atoms with E-state index in [1.165, 1.54) is 29.5 Å². The zero-order valence-electron chi connectivity index (χ0n) is 10.5. The summed E-state index contributed by atoms with van der Waals surface area (Å²) in [6, 6.07) is 3.92. The van der Waals surface area contributed by atoms with Gasteiger partial charge in [-0.1, -0.05) is 0 Å². The molecule has 0 spiro atoms. The Labute approximate surface area is 129 Å². The van der Waals surface area contributed by atoms with E-state index in [9.17, 15) is 12.8 Å². The second kappa shape index (κ2) is 5.80. The Morgan fingerprint density at radius 2 is 2.15 bits per heavy atom. The fraction of sp³-hybridized carbons (Fsp3) is 0.167. The van der Waals surface area contributed by atoms with E-state index in [0.29, 0.717) is 10.4 Å². The van der Waals surface area contributed by atoms with E-state index in [2.05, 4.69) is 20.7 Å². The number of aryl methyl sites for hydroxylation is 1. The van der Waals surface area contributed by atoms with Gasteiger partial charge in [-0.25, -0.2) is 12.8 Å². The second-order valence-electron chi connectivity index (χ2n) is 4.11. The van der Waals surface area contributed by atoms with E-state index in [-0.39, 0.29) is 21.6 Å². The number of rotatable bonds is 4. The number of nitrogens with two attached hydrogens (primary N) is 1. The van der Waals surface area contributed by atoms with Gasteiger partial charge in [0.25, 0.3) is 10.0 Å². The van der Waals surface area contributed by atoms with Crippen molar-refractivity contribution in [1.29, 1.82) is 0 Å². The van der Waals surface area contributed by atoms with Crippen LogP contribution in [0.3, 0.4) is 0 Å². The smallest absolute Gasteiger partial charge is 0.263 e. The van der Waals surface area contributed by atoms with Gasteiger partial charge in [0, 0.05) is 11.4 Å². The van der Waals surface area contributed by atoms with Crippen LogP contribution in [0.4, 0.5) is 10.1 Å². The third kappa shape index (κ3) is 3.03. The standard InChI is InChI=1S/C12H12BrFN2O2S2/c1-7-6-19-11(5-15)12(7)20(17,18)16-8-2-3-10(14)9(13)4-8/h2-4,6,16H,5,15H2,1H3. The monoisotopic (exact) mass is 378 g/mol. The predicted molar refractivity (Wildman–Crippen MR) is 81.9 cm³/mol. The summed E-state index contributed by atoms with van der Waals surface area (Å²) in [6.45, 7) is 1.87. The SMILES string of the molecule is Cc1csc(CN)c1S(=O)(=O)Nc1ccc(F)c(Br)c1. The molecule has 0 atom stereocenters. The summed E-state index contributed by atoms with van der Waals surface area (Å²) in [5, 5.41) is 1.75. The summed E-state index contributed by atoms with van der Waals surface area (Å²) in [4.78, 5) is 0.793. The fourth-order valence-corrected chi connectivity index (χ4v) is 4.89. The number of thiophene rings is 1. The lowest BCUT2D eigenvalue weighted by atomic mass is 10.3. The number of hydrogen-bond acceptors (Lipinski definition) is 4. The largest absolute Gasteiger partial charge is 0.326 e. The fourth-order valence-electron chi connectivity index (χ4n) is 1.75. The molecule has 0 aliphatic carbocycles. The number of halogens is 2. The first-order valence-corrected chi connectivity index (χ1v) is 8.75. The van der Waals surface area contributed by atoms with Crippen molar-refractivity contribution < 1.29 is 12.8 Å². The van der Waals surface area contributed by atoms with Crippen molar-refractivity contribution in [2.75, 3.05) is 4.72 Å². The van der Waals surface area contributed by atoms with E-state index >= 15 is 0 Å². The Kier molecular flexibility index (Phi) is 4.48. The molecule has 8 heteroatoms. The maximum absolute atomic E-state index is 13.1. The van der Waals surface area contributed by atoms with Gasteiger partial charge in [-0.05, 0) is 52.0 Å². The highest BCUT2D eigenvalue weighted by atomic mass is 79.9. The molecular weight excluding hydrogens is 367 g/mol. The molecule has 0 aliphatic heterocycles. The summed E-state index contributed by atoms with van der Waals surface area (Å²) >= 11 is 4.32. The first kappa shape index (κ1) is 15.4. The molecule has 0 amide bonds. The van der Waals surface area contributed by atoms with Crippen molar-refractivity contribution in [3.8, 4) is 0 Å². The van der Waals surface area contributed by atoms with Gasteiger partial charge in [-0.15, -0.1) is 11.3 Å². The molecule has 0 radical (unpaired) electrons. The summed E-state index contributed by atoms with van der Waals surface area (Å²) < 4.78 is 40.6. The molecule has 0 saturated carbocycles. The van der Waals surface area contributed by atoms with Crippen LogP contribution < -0.4 is 10.5 Å². The molecule has 0 saturated heterocycles. The van der Waals surface area contributed by atoms with Crippen LogP contribution >= 0.6 is 27.3 Å². The normalized spacial score (nSPS) is 11.6. The molecule has 1 heterocycles. The molecule has 2 aromatic rings. The highest BCUT2D eigenvalue weighted by molar-refractivity contribution is 9.10. The van der Waals surface area contributed by atoms with Gasteiger partial charge in [0.15, 0.2) is 0 Å². The molecule has 4 nitrogen and oxygen atoms in total. The zero-order valence-corrected chi connectivity index (χ0v) is 13.7. The Hall–Kier alpha value is -0.960. The highest BCUT2D eigenvalue weighted by Crippen LogP contribution is 2.29. The van der Waals surface area contributed by atoms with Crippen LogP contribution in [0.2, 0.25) is 0 Å². The molecule has 0 unspecified atom stereocenters. The minimum absolute atomic E-state index is 0.155. The minimum Gasteiger partial charge on any atom is -0.326 e. The van der Waals surface area contributed by atoms with Crippen molar-refractivity contribution in [2.24, 2.45) is 5.73 Å². The van der Waals surface area contributed by atoms with Crippen LogP contribution in [0.25, 0.3) is 0 Å². The van der Waals surface area contributed by atoms with E-state index in [0.717, 1.165) is 0 Å². The van der Waals surface area contributed by atoms with Crippen LogP contribution in [0.5, 0.6) is 0 Å². The van der Waals surface area contributed by atoms with Crippen LogP contribution in [-0.2, 0) is 16.6 Å². The van der Waals surface area contributed by atoms with Gasteiger partial charge in [0.05, 0.1) is 10.2 Å². The summed E-state index contributed by atoms with van der Waals surface area (Å²) in [6.07, 6.45) is 0. The van der Waals surface area contributed by atoms with Crippen LogP contribution in [-0.4, -0.2) is 8.42 Å². The molecule has 1 aromatic carbocycles. The van der Waals surface area contributed by atoms with Crippen molar-refractivity contribution in [2.45, 2.75) is 18.4 Å². The number of sulfonamides is 1. The maximum Gasteiger partial charge on any atom is 0.263 e. The quantitative estimate of drug-likeness (QED) is 0.857. The topological polar surface area (TPSA) is 72.2 Å². The summed E-state index contributed by atoms with van der Waals surface area (Å²) in [7, 11) is -3.74. The van der Waals surface area contributed by atoms with Gasteiger partial charge in [-0.3, -0.25) is 4.72 Å². The third-order valence-corrected chi connectivity index (χ3v) is 6.09. The molecule has 0 fully saturated rings. The number of hydrogen-bond donors (Lipinski definition) is 2. The first-order valence-electron chi connectivity index (χ1n) is 5.60. The maximum atomic E-state index is 13.1. The average Bonchev–Trinajstić information content (AvgIpc) is 2.75. The molecule has 0 aliphatic rings. The molecular formula is C12H12BrFN2O2S2. The van der Waals surface area contributed by atoms with Gasteiger partial charge < -0.3 is 5.73 Å². The van der Waals surface area contributed by atoms with Crippen molar-refractivity contribution in [3.63, 3.8) is 0 Å². The number of nitrogens with one attached hydrogen (secondary N) is 1. The van der Waals surface area contributed by atoms with Crippen molar-refractivity contribution >= 4 is 43.0 Å². The van der Waals surface area contributed by atoms with Crippen LogP contribution in [0, 0.1) is 12.7 Å². The highest BCUT2D eigenvalue weighted by Gasteiger charge is 2.22. The second-order valence-corrected chi connectivity index (χ2v) is 7.55. The van der Waals surface area contributed by atoms with Gasteiger partial charge in [-0.2, -0.15) is 0 Å². The Balaban J connectivity index is 2.40. The first-order chi connectivity index (χ1) is 9.35. The van der Waals surface area contributed by atoms with Gasteiger partial charge in [0.1, 0.15) is 10.7 Å².